The van der Waals surface area contributed by atoms with E-state index in [1.807, 2.05) is 6.33 Å². The Balaban J connectivity index is 1.30. The Hall–Kier alpha value is -2.92. The van der Waals surface area contributed by atoms with Crippen molar-refractivity contribution in [2.75, 3.05) is 13.1 Å². The summed E-state index contributed by atoms with van der Waals surface area (Å²) in [4.78, 5) is 11.6. The van der Waals surface area contributed by atoms with Crippen LogP contribution in [0.3, 0.4) is 0 Å². The first-order valence-electron chi connectivity index (χ1n) is 9.92. The summed E-state index contributed by atoms with van der Waals surface area (Å²) >= 11 is 0. The Bertz CT molecular complexity index is 1090. The number of benzene rings is 2. The van der Waals surface area contributed by atoms with E-state index in [9.17, 15) is 0 Å². The smallest absolute Gasteiger partial charge is 0.226 e. The topological polar surface area (TPSA) is 47.1 Å². The van der Waals surface area contributed by atoms with Gasteiger partial charge in [0.15, 0.2) is 0 Å². The highest BCUT2D eigenvalue weighted by Crippen LogP contribution is 2.22. The maximum absolute atomic E-state index is 5.72. The first kappa shape index (κ1) is 17.2. The highest BCUT2D eigenvalue weighted by molar-refractivity contribution is 5.76. The third-order valence-corrected chi connectivity index (χ3v) is 5.47. The Kier molecular flexibility index (Phi) is 4.45. The first-order valence-corrected chi connectivity index (χ1v) is 9.92. The van der Waals surface area contributed by atoms with Crippen LogP contribution < -0.4 is 0 Å². The summed E-state index contributed by atoms with van der Waals surface area (Å²) < 4.78 is 7.91. The lowest BCUT2D eigenvalue weighted by atomic mass is 10.1. The van der Waals surface area contributed by atoms with E-state index in [4.69, 9.17) is 4.42 Å². The molecule has 5 nitrogen and oxygen atoms in total. The first-order chi connectivity index (χ1) is 13.7. The molecule has 1 fully saturated rings. The second kappa shape index (κ2) is 7.24. The quantitative estimate of drug-likeness (QED) is 0.512. The number of rotatable bonds is 5. The van der Waals surface area contributed by atoms with Crippen LogP contribution in [0.15, 0.2) is 59.5 Å². The molecule has 0 bridgehead atoms. The summed E-state index contributed by atoms with van der Waals surface area (Å²) in [5.74, 6) is 0.698. The minimum atomic E-state index is 0.698. The van der Waals surface area contributed by atoms with Gasteiger partial charge in [0, 0.05) is 18.7 Å². The fourth-order valence-corrected chi connectivity index (χ4v) is 3.93. The highest BCUT2D eigenvalue weighted by Gasteiger charge is 2.14. The van der Waals surface area contributed by atoms with Crippen LogP contribution in [-0.4, -0.2) is 32.5 Å². The van der Waals surface area contributed by atoms with Gasteiger partial charge in [0.2, 0.25) is 5.89 Å². The average Bonchev–Trinajstić information content (AvgIpc) is 3.45. The Labute approximate surface area is 164 Å². The minimum absolute atomic E-state index is 0.698. The molecule has 0 amide bonds. The van der Waals surface area contributed by atoms with Crippen molar-refractivity contribution in [1.29, 1.82) is 0 Å². The number of aromatic nitrogens is 3. The lowest BCUT2D eigenvalue weighted by Crippen LogP contribution is -2.18. The number of hydrogen-bond acceptors (Lipinski definition) is 4. The molecule has 3 heterocycles. The number of fused-ring (bicyclic) bond motifs is 1. The van der Waals surface area contributed by atoms with Gasteiger partial charge in [-0.3, -0.25) is 4.90 Å². The summed E-state index contributed by atoms with van der Waals surface area (Å²) in [6.07, 6.45) is 6.29. The Morgan fingerprint density at radius 2 is 1.82 bits per heavy atom. The summed E-state index contributed by atoms with van der Waals surface area (Å²) in [7, 11) is 0. The van der Waals surface area contributed by atoms with Crippen LogP contribution in [-0.2, 0) is 13.1 Å². The molecular weight excluding hydrogens is 348 g/mol. The van der Waals surface area contributed by atoms with E-state index >= 15 is 0 Å². The Morgan fingerprint density at radius 1 is 1.00 bits per heavy atom. The van der Waals surface area contributed by atoms with E-state index in [2.05, 4.69) is 68.8 Å². The van der Waals surface area contributed by atoms with Crippen molar-refractivity contribution < 1.29 is 4.42 Å². The molecule has 2 aromatic carbocycles. The number of hydrogen-bond donors (Lipinski definition) is 0. The SMILES string of the molecule is Cc1ccc2c(c1)ncn2Cc1ccc(-c2nc(CN3CCCC3)co2)cc1. The lowest BCUT2D eigenvalue weighted by molar-refractivity contribution is 0.327. The van der Waals surface area contributed by atoms with Crippen molar-refractivity contribution in [3.8, 4) is 11.5 Å². The molecule has 0 spiro atoms. The molecule has 2 aromatic heterocycles. The summed E-state index contributed by atoms with van der Waals surface area (Å²) in [6, 6.07) is 14.8. The third-order valence-electron chi connectivity index (χ3n) is 5.47. The van der Waals surface area contributed by atoms with Crippen molar-refractivity contribution in [2.24, 2.45) is 0 Å². The standard InChI is InChI=1S/C23H24N4O/c1-17-4-9-22-21(12-17)24-16-27(22)13-18-5-7-19(8-6-18)23-25-20(15-28-23)14-26-10-2-3-11-26/h4-9,12,15-16H,2-3,10-11,13-14H2,1H3. The maximum Gasteiger partial charge on any atom is 0.226 e. The lowest BCUT2D eigenvalue weighted by Gasteiger charge is -2.11. The van der Waals surface area contributed by atoms with Gasteiger partial charge in [-0.05, 0) is 68.2 Å². The van der Waals surface area contributed by atoms with Gasteiger partial charge in [0.1, 0.15) is 6.26 Å². The third kappa shape index (κ3) is 3.45. The van der Waals surface area contributed by atoms with Crippen LogP contribution in [0, 0.1) is 6.92 Å². The van der Waals surface area contributed by atoms with Gasteiger partial charge in [-0.1, -0.05) is 18.2 Å². The van der Waals surface area contributed by atoms with Crippen LogP contribution in [0.25, 0.3) is 22.5 Å². The average molecular weight is 372 g/mol. The Morgan fingerprint density at radius 3 is 2.64 bits per heavy atom. The van der Waals surface area contributed by atoms with E-state index in [0.717, 1.165) is 35.4 Å². The number of aryl methyl sites for hydroxylation is 1. The normalized spacial score (nSPS) is 14.9. The second-order valence-electron chi connectivity index (χ2n) is 7.69. The zero-order valence-corrected chi connectivity index (χ0v) is 16.1. The largest absolute Gasteiger partial charge is 0.444 e. The van der Waals surface area contributed by atoms with Gasteiger partial charge in [0.05, 0.1) is 23.1 Å². The van der Waals surface area contributed by atoms with Crippen LogP contribution in [0.5, 0.6) is 0 Å². The zero-order valence-electron chi connectivity index (χ0n) is 16.1. The van der Waals surface area contributed by atoms with Crippen molar-refractivity contribution in [3.05, 3.63) is 71.9 Å². The molecule has 4 aromatic rings. The number of imidazole rings is 1. The predicted octanol–water partition coefficient (Wildman–Crippen LogP) is 4.64. The van der Waals surface area contributed by atoms with Gasteiger partial charge in [0.25, 0.3) is 0 Å². The fourth-order valence-electron chi connectivity index (χ4n) is 3.93. The van der Waals surface area contributed by atoms with Crippen LogP contribution in [0.4, 0.5) is 0 Å². The molecule has 0 saturated carbocycles. The highest BCUT2D eigenvalue weighted by atomic mass is 16.3. The van der Waals surface area contributed by atoms with Crippen molar-refractivity contribution >= 4 is 11.0 Å². The molecule has 0 aliphatic carbocycles. The minimum Gasteiger partial charge on any atom is -0.444 e. The van der Waals surface area contributed by atoms with Crippen molar-refractivity contribution in [3.63, 3.8) is 0 Å². The van der Waals surface area contributed by atoms with Crippen molar-refractivity contribution in [2.45, 2.75) is 32.9 Å². The molecule has 0 atom stereocenters. The number of likely N-dealkylation sites (tertiary alicyclic amines) is 1. The van der Waals surface area contributed by atoms with Crippen LogP contribution in [0.2, 0.25) is 0 Å². The second-order valence-corrected chi connectivity index (χ2v) is 7.69. The maximum atomic E-state index is 5.72. The van der Waals surface area contributed by atoms with Gasteiger partial charge in [-0.25, -0.2) is 9.97 Å². The molecular formula is C23H24N4O. The van der Waals surface area contributed by atoms with Gasteiger partial charge >= 0.3 is 0 Å². The van der Waals surface area contributed by atoms with E-state index in [-0.39, 0.29) is 0 Å². The monoisotopic (exact) mass is 372 g/mol. The van der Waals surface area contributed by atoms with E-state index in [1.165, 1.54) is 37.1 Å². The molecule has 1 aliphatic heterocycles. The molecule has 0 radical (unpaired) electrons. The molecule has 0 N–H and O–H groups in total. The molecule has 28 heavy (non-hydrogen) atoms. The molecule has 5 rings (SSSR count). The summed E-state index contributed by atoms with van der Waals surface area (Å²) in [6.45, 7) is 6.11. The summed E-state index contributed by atoms with van der Waals surface area (Å²) in [5, 5.41) is 0. The molecule has 5 heteroatoms. The van der Waals surface area contributed by atoms with Crippen LogP contribution in [0.1, 0.15) is 29.7 Å². The molecule has 142 valence electrons. The van der Waals surface area contributed by atoms with Gasteiger partial charge < -0.3 is 8.98 Å². The van der Waals surface area contributed by atoms with E-state index in [1.54, 1.807) is 6.26 Å². The van der Waals surface area contributed by atoms with Crippen LogP contribution >= 0.6 is 0 Å². The predicted molar refractivity (Wildman–Crippen MR) is 110 cm³/mol. The number of nitrogens with zero attached hydrogens (tertiary/aromatic N) is 4. The molecule has 0 unspecified atom stereocenters. The van der Waals surface area contributed by atoms with Gasteiger partial charge in [-0.2, -0.15) is 0 Å². The van der Waals surface area contributed by atoms with E-state index < -0.39 is 0 Å². The van der Waals surface area contributed by atoms with Gasteiger partial charge in [-0.15, -0.1) is 0 Å². The van der Waals surface area contributed by atoms with E-state index in [0.29, 0.717) is 5.89 Å². The molecule has 1 saturated heterocycles. The number of oxazole rings is 1. The fraction of sp³-hybridized carbons (Fsp3) is 0.304. The summed E-state index contributed by atoms with van der Waals surface area (Å²) in [5.41, 5.74) is 6.70. The zero-order chi connectivity index (χ0) is 18.9. The molecule has 1 aliphatic rings. The van der Waals surface area contributed by atoms with Crippen molar-refractivity contribution in [1.82, 2.24) is 19.4 Å².